The lowest BCUT2D eigenvalue weighted by molar-refractivity contribution is -0.147. The molecule has 18 heavy (non-hydrogen) atoms. The summed E-state index contributed by atoms with van der Waals surface area (Å²) in [4.78, 5) is 11.2. The highest BCUT2D eigenvalue weighted by molar-refractivity contribution is 5.78. The summed E-state index contributed by atoms with van der Waals surface area (Å²) in [5.41, 5.74) is -1.05. The minimum Gasteiger partial charge on any atom is -0.480 e. The van der Waals surface area contributed by atoms with Crippen LogP contribution in [0, 0.1) is 5.92 Å². The van der Waals surface area contributed by atoms with Crippen LogP contribution in [-0.4, -0.2) is 49.1 Å². The van der Waals surface area contributed by atoms with E-state index < -0.39 is 11.5 Å². The molecule has 0 fully saturated rings. The second-order valence-corrected chi connectivity index (χ2v) is 5.46. The highest BCUT2D eigenvalue weighted by atomic mass is 16.5. The van der Waals surface area contributed by atoms with Crippen molar-refractivity contribution in [3.05, 3.63) is 0 Å². The van der Waals surface area contributed by atoms with Gasteiger partial charge in [0.15, 0.2) is 0 Å². The average Bonchev–Trinajstić information content (AvgIpc) is 2.21. The summed E-state index contributed by atoms with van der Waals surface area (Å²) < 4.78 is 10.7. The zero-order valence-corrected chi connectivity index (χ0v) is 12.2. The first-order valence-electron chi connectivity index (χ1n) is 6.44. The number of hydrogen-bond donors (Lipinski definition) is 2. The van der Waals surface area contributed by atoms with Crippen LogP contribution in [0.2, 0.25) is 0 Å². The molecule has 0 aliphatic heterocycles. The van der Waals surface area contributed by atoms with Crippen molar-refractivity contribution in [3.63, 3.8) is 0 Å². The standard InChI is InChI=1S/C13H27NO4/c1-10(2)8-17-6-7-18-9-13(5,12(15)16)14-11(3)4/h10-11,14H,6-9H2,1-5H3,(H,15,16). The number of carboxylic acid groups (broad SMARTS) is 1. The van der Waals surface area contributed by atoms with E-state index in [-0.39, 0.29) is 12.6 Å². The van der Waals surface area contributed by atoms with E-state index >= 15 is 0 Å². The summed E-state index contributed by atoms with van der Waals surface area (Å²) in [7, 11) is 0. The van der Waals surface area contributed by atoms with Crippen LogP contribution < -0.4 is 5.32 Å². The Morgan fingerprint density at radius 3 is 2.22 bits per heavy atom. The molecule has 5 heteroatoms. The predicted octanol–water partition coefficient (Wildman–Crippen LogP) is 1.52. The molecular weight excluding hydrogens is 234 g/mol. The van der Waals surface area contributed by atoms with Crippen LogP contribution in [0.4, 0.5) is 0 Å². The maximum Gasteiger partial charge on any atom is 0.326 e. The zero-order valence-electron chi connectivity index (χ0n) is 12.2. The van der Waals surface area contributed by atoms with E-state index in [0.717, 1.165) is 0 Å². The van der Waals surface area contributed by atoms with Crippen LogP contribution in [0.3, 0.4) is 0 Å². The summed E-state index contributed by atoms with van der Waals surface area (Å²) in [5.74, 6) is -0.406. The van der Waals surface area contributed by atoms with Crippen molar-refractivity contribution in [1.82, 2.24) is 5.32 Å². The molecule has 0 aromatic heterocycles. The molecule has 0 rings (SSSR count). The largest absolute Gasteiger partial charge is 0.480 e. The third-order valence-electron chi connectivity index (χ3n) is 2.29. The van der Waals surface area contributed by atoms with Crippen molar-refractivity contribution in [2.45, 2.75) is 46.2 Å². The van der Waals surface area contributed by atoms with Crippen molar-refractivity contribution >= 4 is 5.97 Å². The number of carboxylic acids is 1. The Labute approximate surface area is 110 Å². The van der Waals surface area contributed by atoms with Crippen LogP contribution in [0.1, 0.15) is 34.6 Å². The summed E-state index contributed by atoms with van der Waals surface area (Å²) in [6, 6.07) is 0.0897. The van der Waals surface area contributed by atoms with Gasteiger partial charge in [0, 0.05) is 12.6 Å². The topological polar surface area (TPSA) is 67.8 Å². The van der Waals surface area contributed by atoms with E-state index in [9.17, 15) is 9.90 Å². The van der Waals surface area contributed by atoms with Crippen LogP contribution in [-0.2, 0) is 14.3 Å². The van der Waals surface area contributed by atoms with Crippen LogP contribution in [0.5, 0.6) is 0 Å². The van der Waals surface area contributed by atoms with Crippen molar-refractivity contribution in [2.24, 2.45) is 5.92 Å². The molecule has 0 aliphatic rings. The van der Waals surface area contributed by atoms with Crippen LogP contribution in [0.25, 0.3) is 0 Å². The van der Waals surface area contributed by atoms with Gasteiger partial charge in [0.25, 0.3) is 0 Å². The van der Waals surface area contributed by atoms with Gasteiger partial charge < -0.3 is 14.6 Å². The van der Waals surface area contributed by atoms with Gasteiger partial charge in [0.05, 0.1) is 19.8 Å². The quantitative estimate of drug-likeness (QED) is 0.584. The number of nitrogens with one attached hydrogen (secondary N) is 1. The molecule has 0 radical (unpaired) electrons. The van der Waals surface area contributed by atoms with E-state index in [4.69, 9.17) is 9.47 Å². The van der Waals surface area contributed by atoms with Crippen molar-refractivity contribution < 1.29 is 19.4 Å². The molecule has 108 valence electrons. The first-order chi connectivity index (χ1) is 8.28. The van der Waals surface area contributed by atoms with E-state index in [1.807, 2.05) is 13.8 Å². The smallest absolute Gasteiger partial charge is 0.326 e. The zero-order chi connectivity index (χ0) is 14.2. The van der Waals surface area contributed by atoms with E-state index in [1.54, 1.807) is 6.92 Å². The Morgan fingerprint density at radius 1 is 1.22 bits per heavy atom. The van der Waals surface area contributed by atoms with E-state index in [2.05, 4.69) is 19.2 Å². The minimum absolute atomic E-state index is 0.0897. The van der Waals surface area contributed by atoms with Gasteiger partial charge >= 0.3 is 5.97 Å². The number of hydrogen-bond acceptors (Lipinski definition) is 4. The first kappa shape index (κ1) is 17.4. The third-order valence-corrected chi connectivity index (χ3v) is 2.29. The number of aliphatic carboxylic acids is 1. The van der Waals surface area contributed by atoms with Crippen LogP contribution in [0.15, 0.2) is 0 Å². The maximum atomic E-state index is 11.2. The minimum atomic E-state index is -1.05. The van der Waals surface area contributed by atoms with Gasteiger partial charge in [-0.25, -0.2) is 0 Å². The Kier molecular flexibility index (Phi) is 8.15. The van der Waals surface area contributed by atoms with Gasteiger partial charge in [-0.1, -0.05) is 13.8 Å². The molecule has 1 unspecified atom stereocenters. The molecule has 0 amide bonds. The van der Waals surface area contributed by atoms with Gasteiger partial charge in [0.1, 0.15) is 5.54 Å². The highest BCUT2D eigenvalue weighted by Crippen LogP contribution is 2.06. The van der Waals surface area contributed by atoms with Gasteiger partial charge in [0.2, 0.25) is 0 Å². The summed E-state index contributed by atoms with van der Waals surface area (Å²) in [6.07, 6.45) is 0. The van der Waals surface area contributed by atoms with Gasteiger partial charge in [-0.3, -0.25) is 10.1 Å². The Bertz CT molecular complexity index is 243. The Hall–Kier alpha value is -0.650. The molecule has 5 nitrogen and oxygen atoms in total. The van der Waals surface area contributed by atoms with Gasteiger partial charge in [-0.15, -0.1) is 0 Å². The molecule has 0 heterocycles. The predicted molar refractivity (Wildman–Crippen MR) is 70.8 cm³/mol. The fourth-order valence-corrected chi connectivity index (χ4v) is 1.52. The Balaban J connectivity index is 3.88. The maximum absolute atomic E-state index is 11.2. The second kappa shape index (κ2) is 8.45. The van der Waals surface area contributed by atoms with E-state index in [1.165, 1.54) is 0 Å². The lowest BCUT2D eigenvalue weighted by Crippen LogP contribution is -2.55. The number of carbonyl (C=O) groups is 1. The van der Waals surface area contributed by atoms with Crippen molar-refractivity contribution in [2.75, 3.05) is 26.4 Å². The Morgan fingerprint density at radius 2 is 1.78 bits per heavy atom. The summed E-state index contributed by atoms with van der Waals surface area (Å²) in [5, 5.41) is 12.2. The SMILES string of the molecule is CC(C)COCCOCC(C)(NC(C)C)C(=O)O. The normalized spacial score (nSPS) is 15.1. The molecule has 0 saturated heterocycles. The molecule has 0 bridgehead atoms. The summed E-state index contributed by atoms with van der Waals surface area (Å²) >= 11 is 0. The monoisotopic (exact) mass is 261 g/mol. The molecular formula is C13H27NO4. The van der Waals surface area contributed by atoms with Crippen molar-refractivity contribution in [1.29, 1.82) is 0 Å². The molecule has 0 aliphatic carbocycles. The van der Waals surface area contributed by atoms with Gasteiger partial charge in [-0.2, -0.15) is 0 Å². The number of rotatable bonds is 10. The second-order valence-electron chi connectivity index (χ2n) is 5.46. The lowest BCUT2D eigenvalue weighted by atomic mass is 10.0. The lowest BCUT2D eigenvalue weighted by Gasteiger charge is -2.28. The molecule has 0 aromatic carbocycles. The number of ether oxygens (including phenoxy) is 2. The molecule has 0 aromatic rings. The van der Waals surface area contributed by atoms with Crippen molar-refractivity contribution in [3.8, 4) is 0 Å². The molecule has 0 spiro atoms. The fraction of sp³-hybridized carbons (Fsp3) is 0.923. The van der Waals surface area contributed by atoms with Gasteiger partial charge in [-0.05, 0) is 26.7 Å². The average molecular weight is 261 g/mol. The van der Waals surface area contributed by atoms with E-state index in [0.29, 0.717) is 25.7 Å². The fourth-order valence-electron chi connectivity index (χ4n) is 1.52. The van der Waals surface area contributed by atoms with Crippen LogP contribution >= 0.6 is 0 Å². The third kappa shape index (κ3) is 7.63. The molecule has 0 saturated carbocycles. The summed E-state index contributed by atoms with van der Waals surface area (Å²) in [6.45, 7) is 11.3. The highest BCUT2D eigenvalue weighted by Gasteiger charge is 2.33. The first-order valence-corrected chi connectivity index (χ1v) is 6.44. The molecule has 2 N–H and O–H groups in total. The molecule has 1 atom stereocenters.